The first-order chi connectivity index (χ1) is 9.06. The lowest BCUT2D eigenvalue weighted by Crippen LogP contribution is -2.29. The summed E-state index contributed by atoms with van der Waals surface area (Å²) in [4.78, 5) is 22.0. The molecule has 19 heavy (non-hydrogen) atoms. The Morgan fingerprint density at radius 2 is 2.21 bits per heavy atom. The molecule has 1 atom stereocenters. The summed E-state index contributed by atoms with van der Waals surface area (Å²) in [5.74, 6) is -0.604. The van der Waals surface area contributed by atoms with E-state index in [1.54, 1.807) is 19.1 Å². The van der Waals surface area contributed by atoms with Crippen molar-refractivity contribution in [1.82, 2.24) is 5.32 Å². The molecule has 0 saturated carbocycles. The number of nitro benzene ring substituents is 1. The van der Waals surface area contributed by atoms with E-state index in [9.17, 15) is 14.9 Å². The number of hydrogen-bond acceptors (Lipinski definition) is 4. The normalized spacial score (nSPS) is 11.9. The second-order valence-electron chi connectivity index (χ2n) is 4.30. The molecule has 1 amide bonds. The highest BCUT2D eigenvalue weighted by Crippen LogP contribution is 2.20. The standard InChI is InChI=1S/C13H18N2O4/c1-10(13(17)14-7-2-3-8-16)11-5-4-6-12(9-11)15(18)19/h4-6,9-10,16H,2-3,7-8H2,1H3,(H,14,17). The van der Waals surface area contributed by atoms with Crippen LogP contribution in [0.4, 0.5) is 5.69 Å². The Labute approximate surface area is 111 Å². The zero-order valence-corrected chi connectivity index (χ0v) is 10.8. The van der Waals surface area contributed by atoms with Crippen LogP contribution in [0.5, 0.6) is 0 Å². The molecular formula is C13H18N2O4. The van der Waals surface area contributed by atoms with Crippen molar-refractivity contribution >= 4 is 11.6 Å². The number of nitro groups is 1. The third kappa shape index (κ3) is 4.67. The van der Waals surface area contributed by atoms with Gasteiger partial charge < -0.3 is 10.4 Å². The third-order valence-electron chi connectivity index (χ3n) is 2.86. The summed E-state index contributed by atoms with van der Waals surface area (Å²) in [6.45, 7) is 2.31. The number of carbonyl (C=O) groups excluding carboxylic acids is 1. The molecule has 0 heterocycles. The number of aliphatic hydroxyl groups excluding tert-OH is 1. The van der Waals surface area contributed by atoms with Crippen LogP contribution in [-0.2, 0) is 4.79 Å². The molecular weight excluding hydrogens is 248 g/mol. The predicted octanol–water partition coefficient (Wildman–Crippen LogP) is 1.59. The molecule has 6 nitrogen and oxygen atoms in total. The van der Waals surface area contributed by atoms with Gasteiger partial charge in [-0.1, -0.05) is 12.1 Å². The molecule has 0 aliphatic heterocycles. The Balaban J connectivity index is 2.61. The van der Waals surface area contributed by atoms with Crippen LogP contribution >= 0.6 is 0 Å². The van der Waals surface area contributed by atoms with Gasteiger partial charge in [-0.05, 0) is 25.3 Å². The highest BCUT2D eigenvalue weighted by molar-refractivity contribution is 5.83. The van der Waals surface area contributed by atoms with E-state index in [4.69, 9.17) is 5.11 Å². The van der Waals surface area contributed by atoms with Crippen LogP contribution in [0.3, 0.4) is 0 Å². The van der Waals surface area contributed by atoms with Crippen molar-refractivity contribution in [1.29, 1.82) is 0 Å². The van der Waals surface area contributed by atoms with E-state index in [2.05, 4.69) is 5.32 Å². The summed E-state index contributed by atoms with van der Waals surface area (Å²) in [6.07, 6.45) is 1.36. The molecule has 6 heteroatoms. The van der Waals surface area contributed by atoms with Crippen LogP contribution in [0.15, 0.2) is 24.3 Å². The smallest absolute Gasteiger partial charge is 0.269 e. The fourth-order valence-electron chi connectivity index (χ4n) is 1.66. The number of rotatable bonds is 7. The molecule has 104 valence electrons. The maximum atomic E-state index is 11.8. The number of benzene rings is 1. The number of amides is 1. The Kier molecular flexibility index (Phi) is 5.95. The Bertz CT molecular complexity index is 448. The van der Waals surface area contributed by atoms with Crippen molar-refractivity contribution in [3.63, 3.8) is 0 Å². The zero-order chi connectivity index (χ0) is 14.3. The van der Waals surface area contributed by atoms with E-state index < -0.39 is 10.8 Å². The number of nitrogens with zero attached hydrogens (tertiary/aromatic N) is 1. The van der Waals surface area contributed by atoms with E-state index in [0.29, 0.717) is 24.9 Å². The Morgan fingerprint density at radius 3 is 2.84 bits per heavy atom. The lowest BCUT2D eigenvalue weighted by molar-refractivity contribution is -0.384. The van der Waals surface area contributed by atoms with Gasteiger partial charge in [0.15, 0.2) is 0 Å². The minimum atomic E-state index is -0.477. The monoisotopic (exact) mass is 266 g/mol. The molecule has 0 aliphatic rings. The van der Waals surface area contributed by atoms with Crippen molar-refractivity contribution in [3.8, 4) is 0 Å². The van der Waals surface area contributed by atoms with Crippen LogP contribution in [0.2, 0.25) is 0 Å². The molecule has 0 saturated heterocycles. The van der Waals surface area contributed by atoms with Crippen LogP contribution in [-0.4, -0.2) is 29.1 Å². The molecule has 1 unspecified atom stereocenters. The van der Waals surface area contributed by atoms with Gasteiger partial charge in [-0.2, -0.15) is 0 Å². The van der Waals surface area contributed by atoms with E-state index in [1.807, 2.05) is 0 Å². The summed E-state index contributed by atoms with van der Waals surface area (Å²) in [5.41, 5.74) is 0.603. The lowest BCUT2D eigenvalue weighted by atomic mass is 10.00. The first-order valence-corrected chi connectivity index (χ1v) is 6.19. The molecule has 2 N–H and O–H groups in total. The van der Waals surface area contributed by atoms with Crippen molar-refractivity contribution in [2.45, 2.75) is 25.7 Å². The zero-order valence-electron chi connectivity index (χ0n) is 10.8. The highest BCUT2D eigenvalue weighted by atomic mass is 16.6. The van der Waals surface area contributed by atoms with E-state index in [0.717, 1.165) is 0 Å². The average molecular weight is 266 g/mol. The van der Waals surface area contributed by atoms with E-state index >= 15 is 0 Å². The molecule has 0 aromatic heterocycles. The number of hydrogen-bond donors (Lipinski definition) is 2. The summed E-state index contributed by atoms with van der Waals surface area (Å²) < 4.78 is 0. The fourth-order valence-corrected chi connectivity index (χ4v) is 1.66. The minimum absolute atomic E-state index is 0.0163. The third-order valence-corrected chi connectivity index (χ3v) is 2.86. The first-order valence-electron chi connectivity index (χ1n) is 6.19. The van der Waals surface area contributed by atoms with Gasteiger partial charge in [0.2, 0.25) is 5.91 Å². The van der Waals surface area contributed by atoms with Crippen molar-refractivity contribution in [2.75, 3.05) is 13.2 Å². The molecule has 0 spiro atoms. The highest BCUT2D eigenvalue weighted by Gasteiger charge is 2.17. The Morgan fingerprint density at radius 1 is 1.47 bits per heavy atom. The van der Waals surface area contributed by atoms with Gasteiger partial charge in [0.05, 0.1) is 10.8 Å². The van der Waals surface area contributed by atoms with Crippen LogP contribution in [0.1, 0.15) is 31.2 Å². The van der Waals surface area contributed by atoms with Gasteiger partial charge in [-0.25, -0.2) is 0 Å². The Hall–Kier alpha value is -1.95. The number of unbranched alkanes of at least 4 members (excludes halogenated alkanes) is 1. The molecule has 1 rings (SSSR count). The van der Waals surface area contributed by atoms with Gasteiger partial charge in [0, 0.05) is 25.3 Å². The molecule has 0 bridgehead atoms. The summed E-state index contributed by atoms with van der Waals surface area (Å²) in [7, 11) is 0. The second-order valence-corrected chi connectivity index (χ2v) is 4.30. The number of nitrogens with one attached hydrogen (secondary N) is 1. The fraction of sp³-hybridized carbons (Fsp3) is 0.462. The maximum absolute atomic E-state index is 11.8. The van der Waals surface area contributed by atoms with Crippen molar-refractivity contribution < 1.29 is 14.8 Å². The first kappa shape index (κ1) is 15.1. The van der Waals surface area contributed by atoms with Gasteiger partial charge in [-0.3, -0.25) is 14.9 Å². The molecule has 1 aromatic rings. The molecule has 0 radical (unpaired) electrons. The average Bonchev–Trinajstić information content (AvgIpc) is 2.42. The lowest BCUT2D eigenvalue weighted by Gasteiger charge is -2.12. The number of carbonyl (C=O) groups is 1. The predicted molar refractivity (Wildman–Crippen MR) is 70.8 cm³/mol. The van der Waals surface area contributed by atoms with Gasteiger partial charge in [0.1, 0.15) is 0 Å². The van der Waals surface area contributed by atoms with Gasteiger partial charge in [0.25, 0.3) is 5.69 Å². The van der Waals surface area contributed by atoms with Crippen LogP contribution in [0, 0.1) is 10.1 Å². The maximum Gasteiger partial charge on any atom is 0.269 e. The van der Waals surface area contributed by atoms with Crippen molar-refractivity contribution in [3.05, 3.63) is 39.9 Å². The topological polar surface area (TPSA) is 92.5 Å². The molecule has 0 fully saturated rings. The second kappa shape index (κ2) is 7.48. The quantitative estimate of drug-likeness (QED) is 0.445. The van der Waals surface area contributed by atoms with Crippen LogP contribution in [0.25, 0.3) is 0 Å². The minimum Gasteiger partial charge on any atom is -0.396 e. The SMILES string of the molecule is CC(C(=O)NCCCCO)c1cccc([N+](=O)[O-])c1. The summed E-state index contributed by atoms with van der Waals surface area (Å²) in [6, 6.07) is 6.08. The van der Waals surface area contributed by atoms with Gasteiger partial charge in [-0.15, -0.1) is 0 Å². The largest absolute Gasteiger partial charge is 0.396 e. The molecule has 1 aromatic carbocycles. The van der Waals surface area contributed by atoms with E-state index in [-0.39, 0.29) is 18.2 Å². The van der Waals surface area contributed by atoms with E-state index in [1.165, 1.54) is 12.1 Å². The van der Waals surface area contributed by atoms with Crippen LogP contribution < -0.4 is 5.32 Å². The summed E-state index contributed by atoms with van der Waals surface area (Å²) in [5, 5.41) is 22.0. The number of non-ortho nitro benzene ring substituents is 1. The molecule has 0 aliphatic carbocycles. The summed E-state index contributed by atoms with van der Waals surface area (Å²) >= 11 is 0. The number of aliphatic hydroxyl groups is 1. The van der Waals surface area contributed by atoms with Crippen molar-refractivity contribution in [2.24, 2.45) is 0 Å². The van der Waals surface area contributed by atoms with Gasteiger partial charge >= 0.3 is 0 Å².